The van der Waals surface area contributed by atoms with Crippen LogP contribution in [0.15, 0.2) is 18.2 Å². The van der Waals surface area contributed by atoms with Crippen molar-refractivity contribution < 1.29 is 13.6 Å². The lowest BCUT2D eigenvalue weighted by Crippen LogP contribution is -2.35. The molecule has 0 bridgehead atoms. The lowest BCUT2D eigenvalue weighted by molar-refractivity contribution is -0.122. The average molecular weight is 268 g/mol. The fraction of sp³-hybridized carbons (Fsp3) is 0.500. The van der Waals surface area contributed by atoms with Crippen molar-refractivity contribution in [1.82, 2.24) is 10.2 Å². The lowest BCUT2D eigenvalue weighted by Gasteiger charge is -2.16. The third-order valence-electron chi connectivity index (χ3n) is 3.15. The van der Waals surface area contributed by atoms with E-state index in [9.17, 15) is 13.6 Å². The molecule has 1 aromatic carbocycles. The van der Waals surface area contributed by atoms with Gasteiger partial charge in [0.15, 0.2) is 0 Å². The van der Waals surface area contributed by atoms with Gasteiger partial charge in [0.25, 0.3) is 0 Å². The maximum atomic E-state index is 13.4. The summed E-state index contributed by atoms with van der Waals surface area (Å²) in [6, 6.07) is 3.49. The van der Waals surface area contributed by atoms with Gasteiger partial charge in [0.05, 0.1) is 6.54 Å². The van der Waals surface area contributed by atoms with E-state index in [0.717, 1.165) is 12.6 Å². The van der Waals surface area contributed by atoms with Crippen LogP contribution in [0.25, 0.3) is 0 Å². The summed E-state index contributed by atoms with van der Waals surface area (Å²) in [5.41, 5.74) is 0.388. The van der Waals surface area contributed by atoms with Gasteiger partial charge in [0, 0.05) is 24.7 Å². The average Bonchev–Trinajstić information content (AvgIpc) is 3.14. The quantitative estimate of drug-likeness (QED) is 0.855. The van der Waals surface area contributed by atoms with E-state index < -0.39 is 11.6 Å². The number of benzene rings is 1. The Morgan fingerprint density at radius 2 is 2.16 bits per heavy atom. The molecule has 0 aromatic heterocycles. The molecule has 0 saturated heterocycles. The van der Waals surface area contributed by atoms with Crippen LogP contribution in [-0.4, -0.2) is 30.9 Å². The monoisotopic (exact) mass is 268 g/mol. The number of carbonyl (C=O) groups excluding carboxylic acids is 1. The Hall–Kier alpha value is -1.49. The second kappa shape index (κ2) is 6.10. The summed E-state index contributed by atoms with van der Waals surface area (Å²) in [6.45, 7) is 1.23. The molecule has 2 rings (SSSR count). The molecule has 1 N–H and O–H groups in total. The van der Waals surface area contributed by atoms with Crippen LogP contribution in [0.3, 0.4) is 0 Å². The molecule has 1 aliphatic carbocycles. The van der Waals surface area contributed by atoms with Crippen molar-refractivity contribution in [3.63, 3.8) is 0 Å². The van der Waals surface area contributed by atoms with Crippen LogP contribution in [0.2, 0.25) is 0 Å². The van der Waals surface area contributed by atoms with Gasteiger partial charge in [-0.15, -0.1) is 0 Å². The first-order chi connectivity index (χ1) is 9.04. The van der Waals surface area contributed by atoms with Gasteiger partial charge in [-0.2, -0.15) is 0 Å². The second-order valence-corrected chi connectivity index (χ2v) is 5.16. The zero-order chi connectivity index (χ0) is 13.8. The molecule has 0 atom stereocenters. The topological polar surface area (TPSA) is 32.3 Å². The Labute approximate surface area is 111 Å². The molecule has 1 aliphatic rings. The van der Waals surface area contributed by atoms with Crippen molar-refractivity contribution in [2.45, 2.75) is 19.4 Å². The zero-order valence-electron chi connectivity index (χ0n) is 11.0. The van der Waals surface area contributed by atoms with E-state index in [-0.39, 0.29) is 19.0 Å². The van der Waals surface area contributed by atoms with E-state index in [1.165, 1.54) is 25.0 Å². The molecular weight excluding hydrogens is 250 g/mol. The first-order valence-electron chi connectivity index (χ1n) is 6.44. The first kappa shape index (κ1) is 13.9. The van der Waals surface area contributed by atoms with Crippen LogP contribution >= 0.6 is 0 Å². The molecule has 1 fully saturated rings. The van der Waals surface area contributed by atoms with Crippen molar-refractivity contribution in [3.05, 3.63) is 35.4 Å². The molecule has 0 aliphatic heterocycles. The third-order valence-corrected chi connectivity index (χ3v) is 3.15. The number of nitrogens with zero attached hydrogens (tertiary/aromatic N) is 1. The van der Waals surface area contributed by atoms with Gasteiger partial charge in [-0.05, 0) is 31.9 Å². The molecule has 5 heteroatoms. The molecule has 1 aromatic rings. The smallest absolute Gasteiger partial charge is 0.234 e. The Kier molecular flexibility index (Phi) is 4.47. The molecular formula is C14H18F2N2O. The van der Waals surface area contributed by atoms with Crippen molar-refractivity contribution in [2.75, 3.05) is 20.1 Å². The summed E-state index contributed by atoms with van der Waals surface area (Å²) in [4.78, 5) is 13.3. The van der Waals surface area contributed by atoms with Crippen LogP contribution < -0.4 is 5.32 Å². The first-order valence-corrected chi connectivity index (χ1v) is 6.44. The standard InChI is InChI=1S/C14H18F2N2O/c1-18(9-14(19)17-7-10-2-3-10)8-11-4-5-12(15)6-13(11)16/h4-6,10H,2-3,7-9H2,1H3,(H,17,19). The van der Waals surface area contributed by atoms with Crippen molar-refractivity contribution in [1.29, 1.82) is 0 Å². The maximum Gasteiger partial charge on any atom is 0.234 e. The van der Waals surface area contributed by atoms with E-state index in [1.54, 1.807) is 11.9 Å². The van der Waals surface area contributed by atoms with Crippen LogP contribution in [-0.2, 0) is 11.3 Å². The summed E-state index contributed by atoms with van der Waals surface area (Å²) in [5, 5.41) is 2.85. The summed E-state index contributed by atoms with van der Waals surface area (Å²) >= 11 is 0. The van der Waals surface area contributed by atoms with Gasteiger partial charge in [0.1, 0.15) is 11.6 Å². The van der Waals surface area contributed by atoms with Crippen molar-refractivity contribution in [2.24, 2.45) is 5.92 Å². The number of likely N-dealkylation sites (N-methyl/N-ethyl adjacent to an activating group) is 1. The highest BCUT2D eigenvalue weighted by Crippen LogP contribution is 2.27. The van der Waals surface area contributed by atoms with Gasteiger partial charge < -0.3 is 5.32 Å². The number of hydrogen-bond donors (Lipinski definition) is 1. The Morgan fingerprint density at radius 1 is 1.42 bits per heavy atom. The number of amides is 1. The Bertz CT molecular complexity index is 461. The minimum Gasteiger partial charge on any atom is -0.355 e. The number of carbonyl (C=O) groups is 1. The van der Waals surface area contributed by atoms with Gasteiger partial charge in [-0.3, -0.25) is 9.69 Å². The van der Waals surface area contributed by atoms with E-state index in [0.29, 0.717) is 11.5 Å². The zero-order valence-corrected chi connectivity index (χ0v) is 11.0. The third kappa shape index (κ3) is 4.59. The molecule has 0 spiro atoms. The lowest BCUT2D eigenvalue weighted by atomic mass is 10.2. The van der Waals surface area contributed by atoms with E-state index in [4.69, 9.17) is 0 Å². The molecule has 3 nitrogen and oxygen atoms in total. The van der Waals surface area contributed by atoms with Crippen LogP contribution in [0, 0.1) is 17.6 Å². The normalized spacial score (nSPS) is 14.7. The highest BCUT2D eigenvalue weighted by Gasteiger charge is 2.21. The Balaban J connectivity index is 1.78. The number of nitrogens with one attached hydrogen (secondary N) is 1. The minimum absolute atomic E-state index is 0.0584. The second-order valence-electron chi connectivity index (χ2n) is 5.16. The van der Waals surface area contributed by atoms with E-state index in [1.807, 2.05) is 0 Å². The molecule has 19 heavy (non-hydrogen) atoms. The number of hydrogen-bond acceptors (Lipinski definition) is 2. The van der Waals surface area contributed by atoms with Crippen LogP contribution in [0.4, 0.5) is 8.78 Å². The fourth-order valence-corrected chi connectivity index (χ4v) is 1.88. The van der Waals surface area contributed by atoms with E-state index >= 15 is 0 Å². The van der Waals surface area contributed by atoms with E-state index in [2.05, 4.69) is 5.32 Å². The number of rotatable bonds is 6. The fourth-order valence-electron chi connectivity index (χ4n) is 1.88. The molecule has 1 saturated carbocycles. The van der Waals surface area contributed by atoms with Crippen molar-refractivity contribution in [3.8, 4) is 0 Å². The maximum absolute atomic E-state index is 13.4. The molecule has 0 radical (unpaired) electrons. The predicted octanol–water partition coefficient (Wildman–Crippen LogP) is 1.92. The van der Waals surface area contributed by atoms with Crippen molar-refractivity contribution >= 4 is 5.91 Å². The number of halogens is 2. The van der Waals surface area contributed by atoms with Crippen LogP contribution in [0.1, 0.15) is 18.4 Å². The molecule has 1 amide bonds. The van der Waals surface area contributed by atoms with Gasteiger partial charge in [0.2, 0.25) is 5.91 Å². The van der Waals surface area contributed by atoms with Gasteiger partial charge in [-0.1, -0.05) is 6.07 Å². The highest BCUT2D eigenvalue weighted by molar-refractivity contribution is 5.78. The van der Waals surface area contributed by atoms with Gasteiger partial charge >= 0.3 is 0 Å². The summed E-state index contributed by atoms with van der Waals surface area (Å²) in [7, 11) is 1.74. The highest BCUT2D eigenvalue weighted by atomic mass is 19.1. The molecule has 0 unspecified atom stereocenters. The largest absolute Gasteiger partial charge is 0.355 e. The van der Waals surface area contributed by atoms with Crippen LogP contribution in [0.5, 0.6) is 0 Å². The summed E-state index contributed by atoms with van der Waals surface area (Å²) in [5.74, 6) is -0.586. The predicted molar refractivity (Wildman–Crippen MR) is 68.4 cm³/mol. The molecule has 104 valence electrons. The summed E-state index contributed by atoms with van der Waals surface area (Å²) in [6.07, 6.45) is 2.38. The SMILES string of the molecule is CN(CC(=O)NCC1CC1)Cc1ccc(F)cc1F. The Morgan fingerprint density at radius 3 is 2.79 bits per heavy atom. The minimum atomic E-state index is -0.592. The summed E-state index contributed by atoms with van der Waals surface area (Å²) < 4.78 is 26.2. The molecule has 0 heterocycles. The van der Waals surface area contributed by atoms with Gasteiger partial charge in [-0.25, -0.2) is 8.78 Å².